The van der Waals surface area contributed by atoms with Gasteiger partial charge in [0.25, 0.3) is 11.5 Å². The first kappa shape index (κ1) is 20.9. The van der Waals surface area contributed by atoms with Crippen molar-refractivity contribution in [3.63, 3.8) is 0 Å². The number of amides is 1. The van der Waals surface area contributed by atoms with E-state index in [2.05, 4.69) is 5.32 Å². The van der Waals surface area contributed by atoms with Crippen LogP contribution in [0.25, 0.3) is 5.69 Å². The van der Waals surface area contributed by atoms with Crippen molar-refractivity contribution in [2.24, 2.45) is 7.05 Å². The number of phenolic OH excluding ortho intramolecular Hbond substituents is 1. The molecule has 2 N–H and O–H groups in total. The van der Waals surface area contributed by atoms with Crippen molar-refractivity contribution in [3.05, 3.63) is 75.7 Å². The van der Waals surface area contributed by atoms with Crippen LogP contribution in [0.3, 0.4) is 0 Å². The highest BCUT2D eigenvalue weighted by molar-refractivity contribution is 5.98. The number of rotatable bonds is 5. The van der Waals surface area contributed by atoms with Crippen LogP contribution in [0.1, 0.15) is 28.5 Å². The van der Waals surface area contributed by atoms with E-state index in [0.29, 0.717) is 11.4 Å². The molecule has 0 aliphatic heterocycles. The van der Waals surface area contributed by atoms with E-state index < -0.39 is 23.5 Å². The van der Waals surface area contributed by atoms with Crippen molar-refractivity contribution in [3.8, 4) is 11.4 Å². The fourth-order valence-electron chi connectivity index (χ4n) is 3.03. The number of carbonyl (C=O) groups is 2. The van der Waals surface area contributed by atoms with E-state index in [1.165, 1.54) is 23.7 Å². The highest BCUT2D eigenvalue weighted by Gasteiger charge is 2.24. The average Bonchev–Trinajstić information content (AvgIpc) is 2.93. The van der Waals surface area contributed by atoms with Gasteiger partial charge in [-0.15, -0.1) is 0 Å². The Labute approximate surface area is 173 Å². The summed E-state index contributed by atoms with van der Waals surface area (Å²) in [5.41, 5.74) is 1.64. The molecule has 2 aromatic carbocycles. The van der Waals surface area contributed by atoms with Gasteiger partial charge >= 0.3 is 5.97 Å². The molecule has 1 amide bonds. The number of ether oxygens (including phenoxy) is 1. The van der Waals surface area contributed by atoms with Gasteiger partial charge in [-0.25, -0.2) is 9.48 Å². The molecule has 30 heavy (non-hydrogen) atoms. The minimum absolute atomic E-state index is 0.0306. The number of carbonyl (C=O) groups excluding carboxylic acids is 2. The van der Waals surface area contributed by atoms with Crippen molar-refractivity contribution in [1.29, 1.82) is 0 Å². The Morgan fingerprint density at radius 3 is 2.43 bits per heavy atom. The summed E-state index contributed by atoms with van der Waals surface area (Å²) in [6.45, 7) is 4.87. The van der Waals surface area contributed by atoms with Gasteiger partial charge in [0, 0.05) is 7.05 Å². The van der Waals surface area contributed by atoms with E-state index in [-0.39, 0.29) is 17.0 Å². The third-order valence-corrected chi connectivity index (χ3v) is 4.83. The van der Waals surface area contributed by atoms with Crippen LogP contribution in [0.2, 0.25) is 0 Å². The Morgan fingerprint density at radius 2 is 1.77 bits per heavy atom. The molecule has 1 atom stereocenters. The molecule has 0 aliphatic carbocycles. The van der Waals surface area contributed by atoms with E-state index in [0.717, 1.165) is 5.56 Å². The van der Waals surface area contributed by atoms with Gasteiger partial charge in [-0.1, -0.05) is 29.8 Å². The zero-order valence-electron chi connectivity index (χ0n) is 17.2. The Balaban J connectivity index is 1.80. The number of aromatic hydroxyl groups is 1. The van der Waals surface area contributed by atoms with Crippen LogP contribution < -0.4 is 10.9 Å². The van der Waals surface area contributed by atoms with Gasteiger partial charge in [-0.3, -0.25) is 14.3 Å². The van der Waals surface area contributed by atoms with Crippen LogP contribution in [0.5, 0.6) is 5.75 Å². The van der Waals surface area contributed by atoms with E-state index >= 15 is 0 Å². The number of para-hydroxylation sites is 1. The third kappa shape index (κ3) is 3.98. The third-order valence-electron chi connectivity index (χ3n) is 4.83. The second-order valence-electron chi connectivity index (χ2n) is 6.99. The Hall–Kier alpha value is -3.81. The fourth-order valence-corrected chi connectivity index (χ4v) is 3.03. The number of anilines is 1. The molecule has 0 unspecified atom stereocenters. The lowest BCUT2D eigenvalue weighted by Crippen LogP contribution is -2.32. The number of aryl methyl sites for hydroxylation is 1. The molecule has 8 nitrogen and oxygen atoms in total. The van der Waals surface area contributed by atoms with Crippen LogP contribution in [0.4, 0.5) is 5.69 Å². The van der Waals surface area contributed by atoms with Crippen LogP contribution in [-0.4, -0.2) is 32.5 Å². The monoisotopic (exact) mass is 409 g/mol. The molecule has 0 fully saturated rings. The number of phenols is 1. The minimum Gasteiger partial charge on any atom is -0.507 e. The fraction of sp³-hybridized carbons (Fsp3) is 0.227. The molecular weight excluding hydrogens is 386 g/mol. The van der Waals surface area contributed by atoms with Crippen molar-refractivity contribution in [2.45, 2.75) is 26.9 Å². The number of esters is 1. The molecule has 1 heterocycles. The molecule has 8 heteroatoms. The maximum Gasteiger partial charge on any atom is 0.342 e. The number of benzene rings is 2. The van der Waals surface area contributed by atoms with Gasteiger partial charge in [-0.2, -0.15) is 0 Å². The van der Waals surface area contributed by atoms with Crippen molar-refractivity contribution in [2.75, 3.05) is 5.32 Å². The van der Waals surface area contributed by atoms with Crippen LogP contribution >= 0.6 is 0 Å². The lowest BCUT2D eigenvalue weighted by Gasteiger charge is -2.14. The molecule has 3 aromatic rings. The molecule has 0 aliphatic rings. The SMILES string of the molecule is Cc1ccc(O)c(C(=O)O[C@H](C)C(=O)Nc2c(C)n(C)n(-c3ccccc3)c2=O)c1. The predicted molar refractivity (Wildman–Crippen MR) is 112 cm³/mol. The average molecular weight is 409 g/mol. The number of aromatic nitrogens is 2. The Kier molecular flexibility index (Phi) is 5.77. The quantitative estimate of drug-likeness (QED) is 0.631. The molecule has 0 spiro atoms. The maximum atomic E-state index is 12.9. The lowest BCUT2D eigenvalue weighted by molar-refractivity contribution is -0.123. The van der Waals surface area contributed by atoms with E-state index in [1.807, 2.05) is 18.2 Å². The van der Waals surface area contributed by atoms with Crippen molar-refractivity contribution < 1.29 is 19.4 Å². The maximum absolute atomic E-state index is 12.9. The highest BCUT2D eigenvalue weighted by Crippen LogP contribution is 2.20. The summed E-state index contributed by atoms with van der Waals surface area (Å²) in [6, 6.07) is 13.5. The van der Waals surface area contributed by atoms with Gasteiger partial charge in [0.15, 0.2) is 6.10 Å². The summed E-state index contributed by atoms with van der Waals surface area (Å²) in [7, 11) is 1.71. The van der Waals surface area contributed by atoms with Crippen LogP contribution in [0, 0.1) is 13.8 Å². The number of hydrogen-bond acceptors (Lipinski definition) is 5. The van der Waals surface area contributed by atoms with Crippen molar-refractivity contribution >= 4 is 17.6 Å². The Morgan fingerprint density at radius 1 is 1.10 bits per heavy atom. The molecular formula is C22H23N3O5. The molecule has 0 radical (unpaired) electrons. The predicted octanol–water partition coefficient (Wildman–Crippen LogP) is 2.68. The van der Waals surface area contributed by atoms with Crippen LogP contribution in [-0.2, 0) is 16.6 Å². The molecule has 0 bridgehead atoms. The summed E-state index contributed by atoms with van der Waals surface area (Å²) < 4.78 is 8.25. The van der Waals surface area contributed by atoms with E-state index in [1.54, 1.807) is 43.8 Å². The van der Waals surface area contributed by atoms with Gasteiger partial charge < -0.3 is 15.2 Å². The summed E-state index contributed by atoms with van der Waals surface area (Å²) in [4.78, 5) is 37.8. The number of hydrogen-bond donors (Lipinski definition) is 2. The van der Waals surface area contributed by atoms with Gasteiger partial charge in [-0.05, 0) is 45.0 Å². The summed E-state index contributed by atoms with van der Waals surface area (Å²) in [5, 5.41) is 12.4. The summed E-state index contributed by atoms with van der Waals surface area (Å²) in [6.07, 6.45) is -1.18. The van der Waals surface area contributed by atoms with Crippen molar-refractivity contribution in [1.82, 2.24) is 9.36 Å². The standard InChI is InChI=1S/C22H23N3O5/c1-13-10-11-18(26)17(12-13)22(29)30-15(3)20(27)23-19-14(2)24(4)25(21(19)28)16-8-6-5-7-9-16/h5-12,15,26H,1-4H3,(H,23,27)/t15-/m1/s1. The first-order valence-corrected chi connectivity index (χ1v) is 9.36. The molecule has 156 valence electrons. The molecule has 0 saturated carbocycles. The zero-order valence-corrected chi connectivity index (χ0v) is 17.2. The topological polar surface area (TPSA) is 103 Å². The molecule has 0 saturated heterocycles. The van der Waals surface area contributed by atoms with E-state index in [4.69, 9.17) is 4.74 Å². The smallest absolute Gasteiger partial charge is 0.342 e. The molecule has 3 rings (SSSR count). The zero-order chi connectivity index (χ0) is 22.0. The largest absolute Gasteiger partial charge is 0.507 e. The second-order valence-corrected chi connectivity index (χ2v) is 6.99. The molecule has 1 aromatic heterocycles. The van der Waals surface area contributed by atoms with Gasteiger partial charge in [0.1, 0.15) is 17.0 Å². The number of nitrogens with zero attached hydrogens (tertiary/aromatic N) is 2. The summed E-state index contributed by atoms with van der Waals surface area (Å²) in [5.74, 6) is -1.71. The lowest BCUT2D eigenvalue weighted by atomic mass is 10.1. The van der Waals surface area contributed by atoms with Gasteiger partial charge in [0.05, 0.1) is 11.4 Å². The normalized spacial score (nSPS) is 11.7. The second kappa shape index (κ2) is 8.28. The van der Waals surface area contributed by atoms with E-state index in [9.17, 15) is 19.5 Å². The number of nitrogens with one attached hydrogen (secondary N) is 1. The Bertz CT molecular complexity index is 1160. The summed E-state index contributed by atoms with van der Waals surface area (Å²) >= 11 is 0. The van der Waals surface area contributed by atoms with Gasteiger partial charge in [0.2, 0.25) is 0 Å². The minimum atomic E-state index is -1.18. The highest BCUT2D eigenvalue weighted by atomic mass is 16.5. The van der Waals surface area contributed by atoms with Crippen LogP contribution in [0.15, 0.2) is 53.3 Å². The first-order chi connectivity index (χ1) is 14.2. The first-order valence-electron chi connectivity index (χ1n) is 9.36.